The van der Waals surface area contributed by atoms with E-state index in [0.29, 0.717) is 17.3 Å². The number of hydrogen-bond acceptors (Lipinski definition) is 4. The monoisotopic (exact) mass is 483 g/mol. The second kappa shape index (κ2) is 10.4. The molecule has 2 aromatic rings. The maximum atomic E-state index is 13.4. The lowest BCUT2D eigenvalue weighted by Gasteiger charge is -2.35. The van der Waals surface area contributed by atoms with E-state index in [1.807, 2.05) is 18.9 Å². The summed E-state index contributed by atoms with van der Waals surface area (Å²) in [5.74, 6) is -0.813. The number of alkyl halides is 3. The van der Waals surface area contributed by atoms with Crippen LogP contribution in [0.25, 0.3) is 0 Å². The van der Waals surface area contributed by atoms with Gasteiger partial charge in [0.05, 0.1) is 35.9 Å². The SMILES string of the molecule is CCN(C)C/C=C/C(=O)N1Cc2ncc(C(=O)Nc3ccccc3Cl)n2C(CC(F)(F)F)C1. The number of nitrogens with one attached hydrogen (secondary N) is 1. The van der Waals surface area contributed by atoms with Gasteiger partial charge in [0, 0.05) is 19.2 Å². The van der Waals surface area contributed by atoms with E-state index < -0.39 is 30.5 Å². The highest BCUT2D eigenvalue weighted by Gasteiger charge is 2.39. The summed E-state index contributed by atoms with van der Waals surface area (Å²) in [6, 6.07) is 5.36. The number of nitrogens with zero attached hydrogens (tertiary/aromatic N) is 4. The number of aromatic nitrogens is 2. The van der Waals surface area contributed by atoms with Crippen LogP contribution in [0, 0.1) is 0 Å². The van der Waals surface area contributed by atoms with Crippen molar-refractivity contribution >= 4 is 29.1 Å². The van der Waals surface area contributed by atoms with Crippen molar-refractivity contribution in [3.8, 4) is 0 Å². The normalized spacial score (nSPS) is 16.3. The standard InChI is InChI=1S/C22H25ClF3N5O2/c1-3-29(2)10-6-9-20(32)30-13-15(11-22(24,25)26)31-18(12-27-19(31)14-30)21(33)28-17-8-5-4-7-16(17)23/h4-9,12,15H,3,10-11,13-14H2,1-2H3,(H,28,33)/b9-6+. The fraction of sp³-hybridized carbons (Fsp3) is 0.409. The lowest BCUT2D eigenvalue weighted by molar-refractivity contribution is -0.148. The highest BCUT2D eigenvalue weighted by molar-refractivity contribution is 6.33. The first kappa shape index (κ1) is 24.8. The Balaban J connectivity index is 1.85. The number of carbonyl (C=O) groups is 2. The molecular weight excluding hydrogens is 459 g/mol. The van der Waals surface area contributed by atoms with Gasteiger partial charge in [-0.15, -0.1) is 0 Å². The van der Waals surface area contributed by atoms with Crippen molar-refractivity contribution in [2.75, 3.05) is 32.0 Å². The molecule has 3 rings (SSSR count). The molecule has 0 fully saturated rings. The third kappa shape index (κ3) is 6.35. The van der Waals surface area contributed by atoms with Gasteiger partial charge in [-0.3, -0.25) is 9.59 Å². The summed E-state index contributed by atoms with van der Waals surface area (Å²) >= 11 is 6.07. The average Bonchev–Trinajstić information content (AvgIpc) is 3.18. The van der Waals surface area contributed by atoms with Crippen LogP contribution in [0.1, 0.15) is 35.7 Å². The third-order valence-electron chi connectivity index (χ3n) is 5.35. The summed E-state index contributed by atoms with van der Waals surface area (Å²) < 4.78 is 41.3. The zero-order chi connectivity index (χ0) is 24.2. The molecule has 1 N–H and O–H groups in total. The number of benzene rings is 1. The van der Waals surface area contributed by atoms with Crippen LogP contribution in [0.5, 0.6) is 0 Å². The molecule has 0 bridgehead atoms. The van der Waals surface area contributed by atoms with E-state index in [1.165, 1.54) is 21.7 Å². The maximum Gasteiger partial charge on any atom is 0.391 e. The Labute approximate surface area is 194 Å². The number of imidazole rings is 1. The van der Waals surface area contributed by atoms with E-state index in [9.17, 15) is 22.8 Å². The third-order valence-corrected chi connectivity index (χ3v) is 5.68. The van der Waals surface area contributed by atoms with Gasteiger partial charge in [-0.1, -0.05) is 36.7 Å². The molecule has 7 nitrogen and oxygen atoms in total. The second-order valence-corrected chi connectivity index (χ2v) is 8.22. The van der Waals surface area contributed by atoms with E-state index in [2.05, 4.69) is 10.3 Å². The van der Waals surface area contributed by atoms with Gasteiger partial charge in [0.2, 0.25) is 5.91 Å². The minimum Gasteiger partial charge on any atom is -0.330 e. The second-order valence-electron chi connectivity index (χ2n) is 7.81. The Morgan fingerprint density at radius 2 is 2.06 bits per heavy atom. The average molecular weight is 484 g/mol. The van der Waals surface area contributed by atoms with Crippen molar-refractivity contribution in [3.63, 3.8) is 0 Å². The fourth-order valence-corrected chi connectivity index (χ4v) is 3.75. The molecule has 33 heavy (non-hydrogen) atoms. The summed E-state index contributed by atoms with van der Waals surface area (Å²) in [4.78, 5) is 32.9. The van der Waals surface area contributed by atoms with Gasteiger partial charge < -0.3 is 19.7 Å². The molecule has 1 atom stereocenters. The van der Waals surface area contributed by atoms with Gasteiger partial charge in [-0.25, -0.2) is 4.98 Å². The molecule has 0 saturated carbocycles. The Morgan fingerprint density at radius 1 is 1.33 bits per heavy atom. The smallest absolute Gasteiger partial charge is 0.330 e. The van der Waals surface area contributed by atoms with E-state index >= 15 is 0 Å². The van der Waals surface area contributed by atoms with Crippen LogP contribution in [0.15, 0.2) is 42.6 Å². The molecule has 11 heteroatoms. The fourth-order valence-electron chi connectivity index (χ4n) is 3.57. The van der Waals surface area contributed by atoms with E-state index in [0.717, 1.165) is 6.54 Å². The van der Waals surface area contributed by atoms with Gasteiger partial charge >= 0.3 is 6.18 Å². The number of para-hydroxylation sites is 1. The molecule has 2 heterocycles. The molecule has 178 valence electrons. The largest absolute Gasteiger partial charge is 0.391 e. The molecule has 0 saturated heterocycles. The number of carbonyl (C=O) groups excluding carboxylic acids is 2. The number of amides is 2. The number of likely N-dealkylation sites (N-methyl/N-ethyl adjacent to an activating group) is 1. The van der Waals surface area contributed by atoms with Crippen LogP contribution >= 0.6 is 11.6 Å². The predicted octanol–water partition coefficient (Wildman–Crippen LogP) is 4.13. The van der Waals surface area contributed by atoms with Crippen molar-refractivity contribution in [2.24, 2.45) is 0 Å². The number of halogens is 4. The molecular formula is C22H25ClF3N5O2. The van der Waals surface area contributed by atoms with Gasteiger partial charge in [0.1, 0.15) is 11.5 Å². The first-order chi connectivity index (χ1) is 15.6. The summed E-state index contributed by atoms with van der Waals surface area (Å²) in [5.41, 5.74) is 0.313. The topological polar surface area (TPSA) is 70.5 Å². The number of anilines is 1. The Hall–Kier alpha value is -2.85. The Bertz CT molecular complexity index is 1040. The minimum atomic E-state index is -4.49. The molecule has 0 aliphatic carbocycles. The van der Waals surface area contributed by atoms with Crippen molar-refractivity contribution in [2.45, 2.75) is 32.1 Å². The van der Waals surface area contributed by atoms with Crippen LogP contribution in [-0.4, -0.2) is 64.0 Å². The summed E-state index contributed by atoms with van der Waals surface area (Å²) in [5, 5.41) is 2.91. The lowest BCUT2D eigenvalue weighted by Crippen LogP contribution is -2.43. The molecule has 1 aliphatic heterocycles. The number of fused-ring (bicyclic) bond motifs is 1. The molecule has 1 aromatic heterocycles. The molecule has 1 unspecified atom stereocenters. The van der Waals surface area contributed by atoms with Gasteiger partial charge in [0.15, 0.2) is 0 Å². The summed E-state index contributed by atoms with van der Waals surface area (Å²) in [7, 11) is 1.89. The highest BCUT2D eigenvalue weighted by atomic mass is 35.5. The Kier molecular flexibility index (Phi) is 7.80. The van der Waals surface area contributed by atoms with Crippen molar-refractivity contribution < 1.29 is 22.8 Å². The first-order valence-corrected chi connectivity index (χ1v) is 10.8. The summed E-state index contributed by atoms with van der Waals surface area (Å²) in [6.07, 6.45) is -1.43. The number of rotatable bonds is 7. The quantitative estimate of drug-likeness (QED) is 0.601. The van der Waals surface area contributed by atoms with Crippen LogP contribution in [-0.2, 0) is 11.3 Å². The van der Waals surface area contributed by atoms with Crippen LogP contribution < -0.4 is 5.32 Å². The van der Waals surface area contributed by atoms with Crippen molar-refractivity contribution in [3.05, 3.63) is 59.2 Å². The lowest BCUT2D eigenvalue weighted by atomic mass is 10.1. The van der Waals surface area contributed by atoms with Crippen LogP contribution in [0.2, 0.25) is 5.02 Å². The van der Waals surface area contributed by atoms with Gasteiger partial charge in [0.25, 0.3) is 5.91 Å². The highest BCUT2D eigenvalue weighted by Crippen LogP contribution is 2.33. The zero-order valence-corrected chi connectivity index (χ0v) is 19.0. The first-order valence-electron chi connectivity index (χ1n) is 10.4. The zero-order valence-electron chi connectivity index (χ0n) is 18.3. The number of hydrogen-bond donors (Lipinski definition) is 1. The van der Waals surface area contributed by atoms with Crippen LogP contribution in [0.4, 0.5) is 18.9 Å². The van der Waals surface area contributed by atoms with E-state index in [1.54, 1.807) is 30.3 Å². The molecule has 2 amide bonds. The van der Waals surface area contributed by atoms with Crippen molar-refractivity contribution in [1.29, 1.82) is 0 Å². The van der Waals surface area contributed by atoms with Crippen molar-refractivity contribution in [1.82, 2.24) is 19.4 Å². The minimum absolute atomic E-state index is 0.000517. The molecule has 1 aromatic carbocycles. The molecule has 0 spiro atoms. The predicted molar refractivity (Wildman–Crippen MR) is 119 cm³/mol. The van der Waals surface area contributed by atoms with Gasteiger partial charge in [-0.05, 0) is 25.7 Å². The van der Waals surface area contributed by atoms with Gasteiger partial charge in [-0.2, -0.15) is 13.2 Å². The summed E-state index contributed by atoms with van der Waals surface area (Å²) in [6.45, 7) is 3.12. The van der Waals surface area contributed by atoms with Crippen LogP contribution in [0.3, 0.4) is 0 Å². The Morgan fingerprint density at radius 3 is 2.73 bits per heavy atom. The van der Waals surface area contributed by atoms with E-state index in [-0.39, 0.29) is 24.6 Å². The molecule has 1 aliphatic rings. The van der Waals surface area contributed by atoms with E-state index in [4.69, 9.17) is 11.6 Å². The maximum absolute atomic E-state index is 13.4. The molecule has 0 radical (unpaired) electrons.